The largest absolute Gasteiger partial charge is 0.394 e. The number of aliphatic hydroxyl groups is 3. The lowest BCUT2D eigenvalue weighted by molar-refractivity contribution is -0.0716. The molecule has 0 aromatic heterocycles. The molecule has 1 aliphatic rings. The van der Waals surface area contributed by atoms with Crippen LogP contribution < -0.4 is 0 Å². The van der Waals surface area contributed by atoms with Gasteiger partial charge in [-0.1, -0.05) is 31.9 Å². The van der Waals surface area contributed by atoms with Crippen molar-refractivity contribution >= 4 is 0 Å². The molecule has 0 spiro atoms. The average molecular weight is 274 g/mol. The minimum absolute atomic E-state index is 0.243. The Balaban J connectivity index is 2.17. The molecule has 112 valence electrons. The monoisotopic (exact) mass is 274 g/mol. The Kier molecular flexibility index (Phi) is 8.25. The summed E-state index contributed by atoms with van der Waals surface area (Å²) >= 11 is 0. The number of allylic oxidation sites excluding steroid dienone is 1. The van der Waals surface area contributed by atoms with Crippen molar-refractivity contribution in [1.82, 2.24) is 0 Å². The fourth-order valence-corrected chi connectivity index (χ4v) is 2.08. The van der Waals surface area contributed by atoms with E-state index >= 15 is 0 Å². The van der Waals surface area contributed by atoms with E-state index in [0.29, 0.717) is 6.61 Å². The van der Waals surface area contributed by atoms with Crippen molar-refractivity contribution in [2.45, 2.75) is 57.0 Å². The zero-order valence-electron chi connectivity index (χ0n) is 11.6. The quantitative estimate of drug-likeness (QED) is 0.424. The highest BCUT2D eigenvalue weighted by molar-refractivity contribution is 4.90. The molecule has 0 aliphatic carbocycles. The van der Waals surface area contributed by atoms with Crippen molar-refractivity contribution in [1.29, 1.82) is 0 Å². The number of rotatable bonds is 9. The first-order valence-corrected chi connectivity index (χ1v) is 7.05. The summed E-state index contributed by atoms with van der Waals surface area (Å²) in [6.07, 6.45) is 5.56. The maximum absolute atomic E-state index is 9.88. The van der Waals surface area contributed by atoms with Crippen molar-refractivity contribution in [2.24, 2.45) is 0 Å². The minimum Gasteiger partial charge on any atom is -0.394 e. The van der Waals surface area contributed by atoms with Crippen LogP contribution in [0.4, 0.5) is 0 Å². The van der Waals surface area contributed by atoms with Gasteiger partial charge in [0, 0.05) is 0 Å². The molecule has 0 unspecified atom stereocenters. The molecule has 1 saturated heterocycles. The summed E-state index contributed by atoms with van der Waals surface area (Å²) in [6.45, 7) is 2.42. The predicted octanol–water partition coefficient (Wildman–Crippen LogP) is 0.621. The lowest BCUT2D eigenvalue weighted by atomic mass is 10.1. The van der Waals surface area contributed by atoms with Gasteiger partial charge in [0.25, 0.3) is 0 Å². The van der Waals surface area contributed by atoms with E-state index < -0.39 is 31.0 Å². The minimum atomic E-state index is -1.06. The first kappa shape index (κ1) is 16.6. The van der Waals surface area contributed by atoms with Gasteiger partial charge in [-0.3, -0.25) is 0 Å². The number of hydrogen-bond acceptors (Lipinski definition) is 5. The van der Waals surface area contributed by atoms with E-state index in [0.717, 1.165) is 6.42 Å². The van der Waals surface area contributed by atoms with Crippen LogP contribution in [0.25, 0.3) is 0 Å². The fourth-order valence-electron chi connectivity index (χ4n) is 2.08. The molecule has 0 saturated carbocycles. The van der Waals surface area contributed by atoms with E-state index in [-0.39, 0.29) is 6.61 Å². The van der Waals surface area contributed by atoms with Crippen LogP contribution in [0.5, 0.6) is 0 Å². The lowest BCUT2D eigenvalue weighted by Gasteiger charge is -2.20. The molecule has 5 nitrogen and oxygen atoms in total. The molecular formula is C14H26O5. The second-order valence-corrected chi connectivity index (χ2v) is 4.88. The van der Waals surface area contributed by atoms with Crippen molar-refractivity contribution in [3.05, 3.63) is 12.2 Å². The topological polar surface area (TPSA) is 79.2 Å². The first-order valence-electron chi connectivity index (χ1n) is 7.05. The van der Waals surface area contributed by atoms with E-state index in [9.17, 15) is 10.2 Å². The summed E-state index contributed by atoms with van der Waals surface area (Å²) < 4.78 is 10.7. The summed E-state index contributed by atoms with van der Waals surface area (Å²) in [5, 5.41) is 28.1. The Bertz CT molecular complexity index is 256. The van der Waals surface area contributed by atoms with Crippen LogP contribution in [-0.4, -0.2) is 59.6 Å². The predicted molar refractivity (Wildman–Crippen MR) is 71.9 cm³/mol. The zero-order chi connectivity index (χ0) is 14.1. The molecule has 1 rings (SSSR count). The van der Waals surface area contributed by atoms with Crippen LogP contribution in [0.15, 0.2) is 12.2 Å². The molecule has 1 fully saturated rings. The van der Waals surface area contributed by atoms with Crippen LogP contribution in [0, 0.1) is 0 Å². The summed E-state index contributed by atoms with van der Waals surface area (Å²) in [7, 11) is 0. The SMILES string of the molecule is CCCCC/C=C/CO[C@H]1CO[C@H]([C@H](O)CO)[C@@H]1O. The van der Waals surface area contributed by atoms with E-state index in [4.69, 9.17) is 14.6 Å². The molecule has 5 heteroatoms. The van der Waals surface area contributed by atoms with Gasteiger partial charge in [-0.15, -0.1) is 0 Å². The molecule has 0 radical (unpaired) electrons. The third-order valence-corrected chi connectivity index (χ3v) is 3.28. The normalized spacial score (nSPS) is 29.2. The average Bonchev–Trinajstić information content (AvgIpc) is 2.78. The molecule has 1 heterocycles. The molecule has 4 atom stereocenters. The van der Waals surface area contributed by atoms with Gasteiger partial charge in [0.1, 0.15) is 24.4 Å². The van der Waals surface area contributed by atoms with Crippen LogP contribution in [0.1, 0.15) is 32.6 Å². The maximum Gasteiger partial charge on any atom is 0.114 e. The van der Waals surface area contributed by atoms with Crippen LogP contribution in [-0.2, 0) is 9.47 Å². The third-order valence-electron chi connectivity index (χ3n) is 3.28. The number of aliphatic hydroxyl groups excluding tert-OH is 3. The van der Waals surface area contributed by atoms with E-state index in [2.05, 4.69) is 13.0 Å². The maximum atomic E-state index is 9.88. The van der Waals surface area contributed by atoms with Crippen LogP contribution in [0.3, 0.4) is 0 Å². The summed E-state index contributed by atoms with van der Waals surface area (Å²) in [4.78, 5) is 0. The molecule has 19 heavy (non-hydrogen) atoms. The van der Waals surface area contributed by atoms with E-state index in [1.54, 1.807) is 0 Å². The van der Waals surface area contributed by atoms with E-state index in [1.807, 2.05) is 6.08 Å². The van der Waals surface area contributed by atoms with Gasteiger partial charge in [0.05, 0.1) is 19.8 Å². The lowest BCUT2D eigenvalue weighted by Crippen LogP contribution is -2.41. The second-order valence-electron chi connectivity index (χ2n) is 4.88. The third kappa shape index (κ3) is 5.58. The molecule has 1 aliphatic heterocycles. The second kappa shape index (κ2) is 9.44. The van der Waals surface area contributed by atoms with Crippen molar-refractivity contribution in [2.75, 3.05) is 19.8 Å². The summed E-state index contributed by atoms with van der Waals surface area (Å²) in [5.41, 5.74) is 0. The van der Waals surface area contributed by atoms with Crippen LogP contribution >= 0.6 is 0 Å². The Morgan fingerprint density at radius 2 is 2.16 bits per heavy atom. The van der Waals surface area contributed by atoms with Crippen LogP contribution in [0.2, 0.25) is 0 Å². The van der Waals surface area contributed by atoms with Gasteiger partial charge in [-0.25, -0.2) is 0 Å². The zero-order valence-corrected chi connectivity index (χ0v) is 11.6. The fraction of sp³-hybridized carbons (Fsp3) is 0.857. The Morgan fingerprint density at radius 3 is 2.84 bits per heavy atom. The van der Waals surface area contributed by atoms with Crippen molar-refractivity contribution in [3.63, 3.8) is 0 Å². The molecule has 0 amide bonds. The van der Waals surface area contributed by atoms with Crippen molar-refractivity contribution in [3.8, 4) is 0 Å². The highest BCUT2D eigenvalue weighted by atomic mass is 16.6. The number of ether oxygens (including phenoxy) is 2. The standard InChI is InChI=1S/C14H26O5/c1-2-3-4-5-6-7-8-18-12-10-19-14(13(12)17)11(16)9-15/h6-7,11-17H,2-5,8-10H2,1H3/b7-6+/t11-,12+,13-,14-/m1/s1. The Hall–Kier alpha value is -0.460. The first-order chi connectivity index (χ1) is 9.20. The highest BCUT2D eigenvalue weighted by Crippen LogP contribution is 2.20. The summed E-state index contributed by atoms with van der Waals surface area (Å²) in [6, 6.07) is 0. The Labute approximate surface area is 114 Å². The van der Waals surface area contributed by atoms with Crippen molar-refractivity contribution < 1.29 is 24.8 Å². The molecule has 3 N–H and O–H groups in total. The smallest absolute Gasteiger partial charge is 0.114 e. The number of hydrogen-bond donors (Lipinski definition) is 3. The molecular weight excluding hydrogens is 248 g/mol. The van der Waals surface area contributed by atoms with Gasteiger partial charge in [0.2, 0.25) is 0 Å². The molecule has 0 aromatic carbocycles. The Morgan fingerprint density at radius 1 is 1.37 bits per heavy atom. The summed E-state index contributed by atoms with van der Waals surface area (Å²) in [5.74, 6) is 0. The van der Waals surface area contributed by atoms with E-state index in [1.165, 1.54) is 19.3 Å². The van der Waals surface area contributed by atoms with Gasteiger partial charge < -0.3 is 24.8 Å². The van der Waals surface area contributed by atoms with Gasteiger partial charge in [-0.2, -0.15) is 0 Å². The van der Waals surface area contributed by atoms with Gasteiger partial charge >= 0.3 is 0 Å². The number of unbranched alkanes of at least 4 members (excludes halogenated alkanes) is 3. The van der Waals surface area contributed by atoms with Gasteiger partial charge in [-0.05, 0) is 12.8 Å². The highest BCUT2D eigenvalue weighted by Gasteiger charge is 2.40. The van der Waals surface area contributed by atoms with Gasteiger partial charge in [0.15, 0.2) is 0 Å². The molecule has 0 aromatic rings. The molecule has 0 bridgehead atoms.